The van der Waals surface area contributed by atoms with Gasteiger partial charge in [-0.15, -0.1) is 0 Å². The minimum atomic E-state index is 0.107. The van der Waals surface area contributed by atoms with Gasteiger partial charge in [-0.1, -0.05) is 36.4 Å². The fraction of sp³-hybridized carbons (Fsp3) is 0.192. The molecule has 0 spiro atoms. The molecule has 0 amide bonds. The van der Waals surface area contributed by atoms with Crippen molar-refractivity contribution in [2.75, 3.05) is 0 Å². The molecular weight excluding hydrogens is 382 g/mol. The number of fused-ring (bicyclic) bond motifs is 4. The van der Waals surface area contributed by atoms with E-state index >= 15 is 0 Å². The number of aryl methyl sites for hydroxylation is 2. The smallest absolute Gasteiger partial charge is 0.0941 e. The summed E-state index contributed by atoms with van der Waals surface area (Å²) in [5.74, 6) is 0.404. The first-order valence-electron chi connectivity index (χ1n) is 10.8. The Labute approximate surface area is 180 Å². The van der Waals surface area contributed by atoms with Crippen LogP contribution < -0.4 is 5.73 Å². The van der Waals surface area contributed by atoms with E-state index in [1.165, 1.54) is 49.8 Å². The lowest BCUT2D eigenvalue weighted by atomic mass is 9.90. The number of nitrogens with two attached hydrogens (primary N) is 1. The molecule has 0 saturated heterocycles. The molecule has 0 radical (unpaired) electrons. The van der Waals surface area contributed by atoms with E-state index in [0.717, 1.165) is 19.4 Å². The van der Waals surface area contributed by atoms with E-state index in [4.69, 9.17) is 11.1 Å². The van der Waals surface area contributed by atoms with Gasteiger partial charge in [0.15, 0.2) is 0 Å². The lowest BCUT2D eigenvalue weighted by molar-refractivity contribution is 0.477. The number of nitrogens with zero attached hydrogens (tertiary/aromatic N) is 2. The molecule has 5 heteroatoms. The summed E-state index contributed by atoms with van der Waals surface area (Å²) in [5, 5.41) is 10.6. The number of hydrogen-bond donors (Lipinski definition) is 3. The summed E-state index contributed by atoms with van der Waals surface area (Å²) in [6.07, 6.45) is 8.18. The van der Waals surface area contributed by atoms with Crippen molar-refractivity contribution in [1.82, 2.24) is 14.1 Å². The Morgan fingerprint density at radius 2 is 1.68 bits per heavy atom. The van der Waals surface area contributed by atoms with E-state index in [2.05, 4.69) is 88.3 Å². The van der Waals surface area contributed by atoms with E-state index in [1.54, 1.807) is 0 Å². The van der Waals surface area contributed by atoms with Crippen LogP contribution in [-0.4, -0.2) is 20.0 Å². The SMILES string of the molecule is Cn1cc(-c2c[nH]cc2-c2c3n(c4ccccc24)CCC(C(=N)N)C3)c2ccccc21. The minimum Gasteiger partial charge on any atom is -0.387 e. The highest BCUT2D eigenvalue weighted by atomic mass is 15.0. The number of rotatable bonds is 3. The normalized spacial score (nSPS) is 16.1. The van der Waals surface area contributed by atoms with Gasteiger partial charge in [-0.05, 0) is 25.0 Å². The van der Waals surface area contributed by atoms with Crippen molar-refractivity contribution in [2.24, 2.45) is 18.7 Å². The van der Waals surface area contributed by atoms with E-state index in [0.29, 0.717) is 5.84 Å². The molecule has 2 aromatic carbocycles. The van der Waals surface area contributed by atoms with Crippen molar-refractivity contribution in [3.05, 3.63) is 72.8 Å². The summed E-state index contributed by atoms with van der Waals surface area (Å²) >= 11 is 0. The third kappa shape index (κ3) is 2.59. The zero-order valence-electron chi connectivity index (χ0n) is 17.5. The molecule has 6 rings (SSSR count). The first kappa shape index (κ1) is 18.1. The molecule has 0 fully saturated rings. The van der Waals surface area contributed by atoms with Crippen LogP contribution in [0.25, 0.3) is 44.1 Å². The number of amidine groups is 1. The van der Waals surface area contributed by atoms with E-state index in [1.807, 2.05) is 0 Å². The summed E-state index contributed by atoms with van der Waals surface area (Å²) < 4.78 is 4.63. The highest BCUT2D eigenvalue weighted by Crippen LogP contribution is 2.44. The van der Waals surface area contributed by atoms with Crippen LogP contribution in [0.4, 0.5) is 0 Å². The molecule has 1 unspecified atom stereocenters. The Morgan fingerprint density at radius 3 is 2.48 bits per heavy atom. The minimum absolute atomic E-state index is 0.107. The van der Waals surface area contributed by atoms with Crippen LogP contribution in [-0.2, 0) is 20.0 Å². The second-order valence-corrected chi connectivity index (χ2v) is 8.59. The molecule has 4 heterocycles. The molecule has 0 saturated carbocycles. The van der Waals surface area contributed by atoms with Gasteiger partial charge in [-0.2, -0.15) is 0 Å². The van der Waals surface area contributed by atoms with Gasteiger partial charge in [-0.3, -0.25) is 5.41 Å². The molecular formula is C26H25N5. The number of aromatic amines is 1. The largest absolute Gasteiger partial charge is 0.387 e. The molecule has 0 aliphatic carbocycles. The van der Waals surface area contributed by atoms with Crippen LogP contribution in [0.3, 0.4) is 0 Å². The fourth-order valence-electron chi connectivity index (χ4n) is 5.36. The third-order valence-electron chi connectivity index (χ3n) is 6.86. The van der Waals surface area contributed by atoms with Crippen LogP contribution in [0.2, 0.25) is 0 Å². The van der Waals surface area contributed by atoms with Gasteiger partial charge in [0.1, 0.15) is 0 Å². The number of nitrogens with one attached hydrogen (secondary N) is 2. The maximum Gasteiger partial charge on any atom is 0.0941 e. The lowest BCUT2D eigenvalue weighted by Gasteiger charge is -2.25. The quantitative estimate of drug-likeness (QED) is 0.276. The van der Waals surface area contributed by atoms with Gasteiger partial charge in [0.25, 0.3) is 0 Å². The number of aromatic nitrogens is 3. The molecule has 1 aliphatic heterocycles. The number of H-pyrrole nitrogens is 1. The standard InChI is InChI=1S/C26H25N5/c1-30-15-21(17-6-2-4-8-22(17)30)19-13-29-14-20(19)25-18-7-3-5-9-23(18)31-11-10-16(26(27)28)12-24(25)31/h2-9,13-16,29H,10-12H2,1H3,(H3,27,28). The van der Waals surface area contributed by atoms with E-state index in [-0.39, 0.29) is 5.92 Å². The second-order valence-electron chi connectivity index (χ2n) is 8.59. The zero-order valence-corrected chi connectivity index (χ0v) is 17.5. The Hall–Kier alpha value is -3.73. The molecule has 154 valence electrons. The van der Waals surface area contributed by atoms with Gasteiger partial charge in [0, 0.05) is 87.9 Å². The second kappa shape index (κ2) is 6.64. The van der Waals surface area contributed by atoms with Gasteiger partial charge < -0.3 is 19.9 Å². The highest BCUT2D eigenvalue weighted by molar-refractivity contribution is 6.06. The van der Waals surface area contributed by atoms with E-state index < -0.39 is 0 Å². The molecule has 31 heavy (non-hydrogen) atoms. The Bertz CT molecular complexity index is 1460. The summed E-state index contributed by atoms with van der Waals surface area (Å²) in [7, 11) is 2.10. The molecule has 0 bridgehead atoms. The van der Waals surface area contributed by atoms with Crippen LogP contribution in [0.1, 0.15) is 12.1 Å². The predicted octanol–water partition coefficient (Wildman–Crippen LogP) is 5.29. The summed E-state index contributed by atoms with van der Waals surface area (Å²) in [6.45, 7) is 0.897. The van der Waals surface area contributed by atoms with Crippen LogP contribution >= 0.6 is 0 Å². The zero-order chi connectivity index (χ0) is 21.1. The highest BCUT2D eigenvalue weighted by Gasteiger charge is 2.28. The van der Waals surface area contributed by atoms with Crippen molar-refractivity contribution in [3.8, 4) is 22.3 Å². The van der Waals surface area contributed by atoms with Crippen molar-refractivity contribution < 1.29 is 0 Å². The third-order valence-corrected chi connectivity index (χ3v) is 6.86. The predicted molar refractivity (Wildman–Crippen MR) is 127 cm³/mol. The van der Waals surface area contributed by atoms with E-state index in [9.17, 15) is 0 Å². The monoisotopic (exact) mass is 407 g/mol. The molecule has 1 aliphatic rings. The summed E-state index contributed by atoms with van der Waals surface area (Å²) in [4.78, 5) is 3.38. The van der Waals surface area contributed by atoms with Gasteiger partial charge in [0.05, 0.1) is 5.84 Å². The maximum absolute atomic E-state index is 8.04. The topological polar surface area (TPSA) is 75.5 Å². The molecule has 4 N–H and O–H groups in total. The summed E-state index contributed by atoms with van der Waals surface area (Å²) in [6, 6.07) is 17.2. The van der Waals surface area contributed by atoms with Gasteiger partial charge >= 0.3 is 0 Å². The Kier molecular flexibility index (Phi) is 3.87. The lowest BCUT2D eigenvalue weighted by Crippen LogP contribution is -2.30. The van der Waals surface area contributed by atoms with Crippen molar-refractivity contribution in [3.63, 3.8) is 0 Å². The van der Waals surface area contributed by atoms with Gasteiger partial charge in [0.2, 0.25) is 0 Å². The van der Waals surface area contributed by atoms with Crippen LogP contribution in [0.15, 0.2) is 67.1 Å². The average Bonchev–Trinajstić information content (AvgIpc) is 3.47. The van der Waals surface area contributed by atoms with Crippen molar-refractivity contribution in [1.29, 1.82) is 5.41 Å². The fourth-order valence-corrected chi connectivity index (χ4v) is 5.36. The molecule has 1 atom stereocenters. The van der Waals surface area contributed by atoms with Gasteiger partial charge in [-0.25, -0.2) is 0 Å². The van der Waals surface area contributed by atoms with Crippen molar-refractivity contribution in [2.45, 2.75) is 19.4 Å². The Balaban J connectivity index is 1.63. The Morgan fingerprint density at radius 1 is 0.968 bits per heavy atom. The molecule has 5 nitrogen and oxygen atoms in total. The first-order valence-corrected chi connectivity index (χ1v) is 10.8. The molecule has 3 aromatic heterocycles. The summed E-state index contributed by atoms with van der Waals surface area (Å²) in [5.41, 5.74) is 14.6. The van der Waals surface area contributed by atoms with Crippen molar-refractivity contribution >= 4 is 27.6 Å². The number of para-hydroxylation sites is 2. The number of hydrogen-bond acceptors (Lipinski definition) is 1. The number of benzene rings is 2. The van der Waals surface area contributed by atoms with Crippen LogP contribution in [0.5, 0.6) is 0 Å². The average molecular weight is 408 g/mol. The molecule has 5 aromatic rings. The maximum atomic E-state index is 8.04. The first-order chi connectivity index (χ1) is 15.1. The van der Waals surface area contributed by atoms with Crippen LogP contribution in [0, 0.1) is 11.3 Å².